The minimum atomic E-state index is -0.406. The highest BCUT2D eigenvalue weighted by Gasteiger charge is 2.14. The SMILES string of the molecule is CCNC(c1ccc(Cl)cc1)c1ccc(F)c(Cl)c1. The highest BCUT2D eigenvalue weighted by molar-refractivity contribution is 6.31. The molecular formula is C15H14Cl2FN. The lowest BCUT2D eigenvalue weighted by Crippen LogP contribution is -2.22. The maximum absolute atomic E-state index is 13.2. The highest BCUT2D eigenvalue weighted by atomic mass is 35.5. The Hall–Kier alpha value is -1.09. The van der Waals surface area contributed by atoms with E-state index in [0.717, 1.165) is 17.7 Å². The molecule has 1 nitrogen and oxygen atoms in total. The monoisotopic (exact) mass is 297 g/mol. The van der Waals surface area contributed by atoms with Crippen molar-refractivity contribution in [3.63, 3.8) is 0 Å². The Balaban J connectivity index is 2.38. The molecule has 0 aliphatic rings. The second-order valence-corrected chi connectivity index (χ2v) is 5.06. The Labute approximate surface area is 122 Å². The minimum absolute atomic E-state index is 0.0274. The number of nitrogens with one attached hydrogen (secondary N) is 1. The van der Waals surface area contributed by atoms with Crippen LogP contribution in [0.5, 0.6) is 0 Å². The summed E-state index contributed by atoms with van der Waals surface area (Å²) in [6.07, 6.45) is 0. The molecule has 100 valence electrons. The van der Waals surface area contributed by atoms with Crippen molar-refractivity contribution in [3.8, 4) is 0 Å². The van der Waals surface area contributed by atoms with Crippen molar-refractivity contribution in [2.45, 2.75) is 13.0 Å². The zero-order chi connectivity index (χ0) is 13.8. The number of halogens is 3. The van der Waals surface area contributed by atoms with E-state index in [1.165, 1.54) is 6.07 Å². The first kappa shape index (κ1) is 14.3. The van der Waals surface area contributed by atoms with Crippen LogP contribution in [0.1, 0.15) is 24.1 Å². The lowest BCUT2D eigenvalue weighted by Gasteiger charge is -2.19. The molecule has 4 heteroatoms. The molecule has 2 aromatic carbocycles. The number of benzene rings is 2. The summed E-state index contributed by atoms with van der Waals surface area (Å²) in [7, 11) is 0. The van der Waals surface area contributed by atoms with Crippen LogP contribution in [0.4, 0.5) is 4.39 Å². The Morgan fingerprint density at radius 2 is 1.68 bits per heavy atom. The normalized spacial score (nSPS) is 12.4. The van der Waals surface area contributed by atoms with Gasteiger partial charge in [0.25, 0.3) is 0 Å². The number of rotatable bonds is 4. The second kappa shape index (κ2) is 6.38. The Bertz CT molecular complexity index is 555. The van der Waals surface area contributed by atoms with E-state index in [4.69, 9.17) is 23.2 Å². The fourth-order valence-corrected chi connectivity index (χ4v) is 2.29. The van der Waals surface area contributed by atoms with Crippen LogP contribution < -0.4 is 5.32 Å². The van der Waals surface area contributed by atoms with Crippen molar-refractivity contribution in [1.82, 2.24) is 5.32 Å². The summed E-state index contributed by atoms with van der Waals surface area (Å²) < 4.78 is 13.2. The van der Waals surface area contributed by atoms with Gasteiger partial charge < -0.3 is 5.32 Å². The summed E-state index contributed by atoms with van der Waals surface area (Å²) >= 11 is 11.7. The maximum atomic E-state index is 13.2. The average Bonchev–Trinajstić information content (AvgIpc) is 2.41. The van der Waals surface area contributed by atoms with Gasteiger partial charge in [-0.05, 0) is 41.9 Å². The lowest BCUT2D eigenvalue weighted by molar-refractivity contribution is 0.614. The summed E-state index contributed by atoms with van der Waals surface area (Å²) in [5.41, 5.74) is 1.99. The van der Waals surface area contributed by atoms with E-state index in [2.05, 4.69) is 5.32 Å². The molecule has 0 fully saturated rings. The van der Waals surface area contributed by atoms with Crippen LogP contribution in [0.25, 0.3) is 0 Å². The third-order valence-corrected chi connectivity index (χ3v) is 3.43. The van der Waals surface area contributed by atoms with Crippen molar-refractivity contribution in [2.24, 2.45) is 0 Å². The third-order valence-electron chi connectivity index (χ3n) is 2.89. The smallest absolute Gasteiger partial charge is 0.141 e. The fraction of sp³-hybridized carbons (Fsp3) is 0.200. The predicted octanol–water partition coefficient (Wildman–Crippen LogP) is 4.83. The van der Waals surface area contributed by atoms with E-state index in [9.17, 15) is 4.39 Å². The number of hydrogen-bond acceptors (Lipinski definition) is 1. The molecule has 0 spiro atoms. The van der Waals surface area contributed by atoms with Gasteiger partial charge in [-0.3, -0.25) is 0 Å². The van der Waals surface area contributed by atoms with Gasteiger partial charge in [0, 0.05) is 5.02 Å². The van der Waals surface area contributed by atoms with Gasteiger partial charge in [0.15, 0.2) is 0 Å². The van der Waals surface area contributed by atoms with Gasteiger partial charge in [-0.25, -0.2) is 4.39 Å². The Morgan fingerprint density at radius 1 is 1.05 bits per heavy atom. The van der Waals surface area contributed by atoms with Gasteiger partial charge in [0.05, 0.1) is 11.1 Å². The van der Waals surface area contributed by atoms with Crippen LogP contribution in [0.15, 0.2) is 42.5 Å². The minimum Gasteiger partial charge on any atom is -0.307 e. The van der Waals surface area contributed by atoms with Crippen LogP contribution in [0.3, 0.4) is 0 Å². The van der Waals surface area contributed by atoms with E-state index >= 15 is 0 Å². The first-order valence-electron chi connectivity index (χ1n) is 6.05. The largest absolute Gasteiger partial charge is 0.307 e. The van der Waals surface area contributed by atoms with Gasteiger partial charge in [0.1, 0.15) is 5.82 Å². The van der Waals surface area contributed by atoms with Gasteiger partial charge in [-0.15, -0.1) is 0 Å². The van der Waals surface area contributed by atoms with E-state index in [0.29, 0.717) is 5.02 Å². The molecule has 2 aromatic rings. The van der Waals surface area contributed by atoms with Crippen LogP contribution in [0.2, 0.25) is 10.0 Å². The van der Waals surface area contributed by atoms with Crippen molar-refractivity contribution < 1.29 is 4.39 Å². The standard InChI is InChI=1S/C15H14Cl2FN/c1-2-19-15(10-3-6-12(16)7-4-10)11-5-8-14(18)13(17)9-11/h3-9,15,19H,2H2,1H3. The Morgan fingerprint density at radius 3 is 2.26 bits per heavy atom. The summed E-state index contributed by atoms with van der Waals surface area (Å²) in [6.45, 7) is 2.82. The Kier molecular flexibility index (Phi) is 4.81. The van der Waals surface area contributed by atoms with Crippen LogP contribution in [-0.4, -0.2) is 6.54 Å². The molecule has 2 rings (SSSR count). The molecule has 1 atom stereocenters. The molecular weight excluding hydrogens is 284 g/mol. The molecule has 0 saturated heterocycles. The van der Waals surface area contributed by atoms with Gasteiger partial charge >= 0.3 is 0 Å². The molecule has 0 saturated carbocycles. The summed E-state index contributed by atoms with van der Waals surface area (Å²) in [6, 6.07) is 12.3. The first-order valence-corrected chi connectivity index (χ1v) is 6.81. The predicted molar refractivity (Wildman–Crippen MR) is 78.4 cm³/mol. The van der Waals surface area contributed by atoms with Crippen molar-refractivity contribution in [1.29, 1.82) is 0 Å². The maximum Gasteiger partial charge on any atom is 0.141 e. The molecule has 0 radical (unpaired) electrons. The second-order valence-electron chi connectivity index (χ2n) is 4.22. The fourth-order valence-electron chi connectivity index (χ4n) is 1.98. The molecule has 1 unspecified atom stereocenters. The van der Waals surface area contributed by atoms with Crippen LogP contribution in [-0.2, 0) is 0 Å². The van der Waals surface area contributed by atoms with E-state index < -0.39 is 5.82 Å². The zero-order valence-corrected chi connectivity index (χ0v) is 12.0. The van der Waals surface area contributed by atoms with Crippen molar-refractivity contribution >= 4 is 23.2 Å². The number of hydrogen-bond donors (Lipinski definition) is 1. The zero-order valence-electron chi connectivity index (χ0n) is 10.5. The van der Waals surface area contributed by atoms with Crippen LogP contribution >= 0.6 is 23.2 Å². The van der Waals surface area contributed by atoms with E-state index in [-0.39, 0.29) is 11.1 Å². The van der Waals surface area contributed by atoms with Crippen LogP contribution in [0, 0.1) is 5.82 Å². The molecule has 0 bridgehead atoms. The quantitative estimate of drug-likeness (QED) is 0.852. The molecule has 0 aliphatic carbocycles. The average molecular weight is 298 g/mol. The highest BCUT2D eigenvalue weighted by Crippen LogP contribution is 2.26. The van der Waals surface area contributed by atoms with Gasteiger partial charge in [0.2, 0.25) is 0 Å². The lowest BCUT2D eigenvalue weighted by atomic mass is 9.98. The first-order chi connectivity index (χ1) is 9.11. The van der Waals surface area contributed by atoms with Gasteiger partial charge in [-0.1, -0.05) is 48.3 Å². The van der Waals surface area contributed by atoms with Gasteiger partial charge in [-0.2, -0.15) is 0 Å². The molecule has 19 heavy (non-hydrogen) atoms. The van der Waals surface area contributed by atoms with E-state index in [1.54, 1.807) is 12.1 Å². The molecule has 0 heterocycles. The molecule has 0 aliphatic heterocycles. The summed E-state index contributed by atoms with van der Waals surface area (Å²) in [5.74, 6) is -0.406. The topological polar surface area (TPSA) is 12.0 Å². The third kappa shape index (κ3) is 3.47. The van der Waals surface area contributed by atoms with E-state index in [1.807, 2.05) is 31.2 Å². The summed E-state index contributed by atoms with van der Waals surface area (Å²) in [4.78, 5) is 0. The summed E-state index contributed by atoms with van der Waals surface area (Å²) in [5, 5.41) is 4.18. The molecule has 1 N–H and O–H groups in total. The molecule has 0 amide bonds. The van der Waals surface area contributed by atoms with Crippen molar-refractivity contribution in [3.05, 3.63) is 69.5 Å². The van der Waals surface area contributed by atoms with Crippen molar-refractivity contribution in [2.75, 3.05) is 6.54 Å². The molecule has 0 aromatic heterocycles.